The Labute approximate surface area is 181 Å². The molecule has 0 spiro atoms. The molecular formula is C22H30F3N5O. The number of hydrogen-bond acceptors (Lipinski definition) is 4. The first-order chi connectivity index (χ1) is 14.6. The van der Waals surface area contributed by atoms with Crippen LogP contribution in [-0.4, -0.2) is 51.8 Å². The van der Waals surface area contributed by atoms with Gasteiger partial charge in [-0.05, 0) is 43.9 Å². The monoisotopic (exact) mass is 437 g/mol. The molecule has 31 heavy (non-hydrogen) atoms. The molecule has 0 bridgehead atoms. The molecule has 0 aromatic carbocycles. The van der Waals surface area contributed by atoms with Gasteiger partial charge in [0.25, 0.3) is 0 Å². The van der Waals surface area contributed by atoms with Crippen LogP contribution in [0, 0.1) is 19.8 Å². The Hall–Kier alpha value is -2.58. The minimum absolute atomic E-state index is 0.0930. The molecule has 1 aliphatic rings. The van der Waals surface area contributed by atoms with E-state index in [2.05, 4.69) is 30.9 Å². The number of aryl methyl sites for hydroxylation is 1. The van der Waals surface area contributed by atoms with Crippen molar-refractivity contribution in [1.82, 2.24) is 19.7 Å². The molecule has 2 aromatic heterocycles. The molecular weight excluding hydrogens is 407 g/mol. The lowest BCUT2D eigenvalue weighted by atomic mass is 10.1. The lowest BCUT2D eigenvalue weighted by Gasteiger charge is -2.35. The minimum Gasteiger partial charge on any atom is -0.353 e. The van der Waals surface area contributed by atoms with Crippen LogP contribution >= 0.6 is 0 Å². The Bertz CT molecular complexity index is 897. The largest absolute Gasteiger partial charge is 0.417 e. The van der Waals surface area contributed by atoms with Gasteiger partial charge in [-0.15, -0.1) is 0 Å². The van der Waals surface area contributed by atoms with Crippen molar-refractivity contribution in [1.29, 1.82) is 0 Å². The summed E-state index contributed by atoms with van der Waals surface area (Å²) in [5.74, 6) is 1.10. The number of nitrogens with zero attached hydrogens (tertiary/aromatic N) is 5. The number of hydrogen-bond donors (Lipinski definition) is 0. The molecule has 1 aliphatic heterocycles. The number of rotatable bonds is 6. The Morgan fingerprint density at radius 1 is 1.13 bits per heavy atom. The second-order valence-electron chi connectivity index (χ2n) is 8.50. The van der Waals surface area contributed by atoms with Gasteiger partial charge >= 0.3 is 6.18 Å². The molecule has 0 saturated carbocycles. The maximum Gasteiger partial charge on any atom is 0.417 e. The van der Waals surface area contributed by atoms with Gasteiger partial charge in [0, 0.05) is 51.0 Å². The average Bonchev–Trinajstić information content (AvgIpc) is 2.98. The van der Waals surface area contributed by atoms with Crippen LogP contribution in [0.1, 0.15) is 42.8 Å². The normalized spacial score (nSPS) is 15.1. The van der Waals surface area contributed by atoms with Crippen LogP contribution in [0.4, 0.5) is 19.0 Å². The van der Waals surface area contributed by atoms with Crippen LogP contribution in [0.25, 0.3) is 0 Å². The summed E-state index contributed by atoms with van der Waals surface area (Å²) in [7, 11) is 0. The van der Waals surface area contributed by atoms with Crippen molar-refractivity contribution in [3.05, 3.63) is 40.8 Å². The second-order valence-corrected chi connectivity index (χ2v) is 8.50. The first-order valence-electron chi connectivity index (χ1n) is 10.6. The second kappa shape index (κ2) is 9.28. The Balaban J connectivity index is 1.52. The SMILES string of the molecule is Cc1nn(CC(C)C)c(C)c1CCC(=O)N1CCN(c2ccc(C(F)(F)F)cn2)CC1. The molecule has 0 radical (unpaired) electrons. The van der Waals surface area contributed by atoms with Gasteiger partial charge in [-0.2, -0.15) is 18.3 Å². The Morgan fingerprint density at radius 3 is 2.35 bits per heavy atom. The van der Waals surface area contributed by atoms with Gasteiger partial charge in [-0.1, -0.05) is 13.8 Å². The molecule has 170 valence electrons. The topological polar surface area (TPSA) is 54.3 Å². The number of alkyl halides is 3. The van der Waals surface area contributed by atoms with Gasteiger partial charge in [-0.25, -0.2) is 4.98 Å². The molecule has 1 saturated heterocycles. The summed E-state index contributed by atoms with van der Waals surface area (Å²) < 4.78 is 40.1. The highest BCUT2D eigenvalue weighted by Crippen LogP contribution is 2.29. The van der Waals surface area contributed by atoms with E-state index >= 15 is 0 Å². The lowest BCUT2D eigenvalue weighted by molar-refractivity contribution is -0.137. The zero-order valence-electron chi connectivity index (χ0n) is 18.5. The molecule has 0 aliphatic carbocycles. The highest BCUT2D eigenvalue weighted by molar-refractivity contribution is 5.76. The van der Waals surface area contributed by atoms with E-state index in [0.29, 0.717) is 50.8 Å². The number of carbonyl (C=O) groups excluding carboxylic acids is 1. The van der Waals surface area contributed by atoms with E-state index in [4.69, 9.17) is 0 Å². The van der Waals surface area contributed by atoms with Crippen molar-refractivity contribution in [2.75, 3.05) is 31.1 Å². The lowest BCUT2D eigenvalue weighted by Crippen LogP contribution is -2.49. The molecule has 0 atom stereocenters. The van der Waals surface area contributed by atoms with Crippen molar-refractivity contribution in [2.45, 2.75) is 53.3 Å². The number of piperazine rings is 1. The first-order valence-corrected chi connectivity index (χ1v) is 10.6. The van der Waals surface area contributed by atoms with Gasteiger partial charge in [-0.3, -0.25) is 9.48 Å². The summed E-state index contributed by atoms with van der Waals surface area (Å²) in [6.45, 7) is 11.4. The van der Waals surface area contributed by atoms with Gasteiger partial charge in [0.1, 0.15) is 5.82 Å². The fraction of sp³-hybridized carbons (Fsp3) is 0.591. The van der Waals surface area contributed by atoms with Crippen LogP contribution in [0.3, 0.4) is 0 Å². The number of aromatic nitrogens is 3. The van der Waals surface area contributed by atoms with Crippen LogP contribution < -0.4 is 4.90 Å². The van der Waals surface area contributed by atoms with Crippen LogP contribution in [-0.2, 0) is 23.9 Å². The van der Waals surface area contributed by atoms with Crippen molar-refractivity contribution < 1.29 is 18.0 Å². The molecule has 0 unspecified atom stereocenters. The number of pyridine rings is 1. The molecule has 2 aromatic rings. The van der Waals surface area contributed by atoms with E-state index in [1.807, 2.05) is 21.4 Å². The smallest absolute Gasteiger partial charge is 0.353 e. The summed E-state index contributed by atoms with van der Waals surface area (Å²) in [6, 6.07) is 2.44. The van der Waals surface area contributed by atoms with E-state index < -0.39 is 11.7 Å². The van der Waals surface area contributed by atoms with Gasteiger partial charge in [0.05, 0.1) is 11.3 Å². The predicted octanol–water partition coefficient (Wildman–Crippen LogP) is 3.85. The standard InChI is InChI=1S/C22H30F3N5O/c1-15(2)14-30-17(4)19(16(3)27-30)6-8-21(31)29-11-9-28(10-12-29)20-7-5-18(13-26-20)22(23,24)25/h5,7,13,15H,6,8-12,14H2,1-4H3. The molecule has 1 amide bonds. The van der Waals surface area contributed by atoms with Gasteiger partial charge < -0.3 is 9.80 Å². The third-order valence-corrected chi connectivity index (χ3v) is 5.69. The van der Waals surface area contributed by atoms with E-state index in [1.54, 1.807) is 0 Å². The average molecular weight is 438 g/mol. The predicted molar refractivity (Wildman–Crippen MR) is 113 cm³/mol. The first kappa shape index (κ1) is 23.1. The zero-order valence-corrected chi connectivity index (χ0v) is 18.5. The Morgan fingerprint density at radius 2 is 1.81 bits per heavy atom. The molecule has 3 heterocycles. The molecule has 6 nitrogen and oxygen atoms in total. The fourth-order valence-corrected chi connectivity index (χ4v) is 3.94. The highest BCUT2D eigenvalue weighted by Gasteiger charge is 2.31. The van der Waals surface area contributed by atoms with Crippen LogP contribution in [0.15, 0.2) is 18.3 Å². The van der Waals surface area contributed by atoms with Crippen molar-refractivity contribution in [2.24, 2.45) is 5.92 Å². The maximum atomic E-state index is 12.7. The van der Waals surface area contributed by atoms with Crippen molar-refractivity contribution in [3.63, 3.8) is 0 Å². The van der Waals surface area contributed by atoms with Crippen LogP contribution in [0.2, 0.25) is 0 Å². The summed E-state index contributed by atoms with van der Waals surface area (Å²) >= 11 is 0. The summed E-state index contributed by atoms with van der Waals surface area (Å²) in [4.78, 5) is 20.4. The molecule has 0 N–H and O–H groups in total. The molecule has 1 fully saturated rings. The summed E-state index contributed by atoms with van der Waals surface area (Å²) in [5.41, 5.74) is 2.48. The Kier molecular flexibility index (Phi) is 6.91. The van der Waals surface area contributed by atoms with Gasteiger partial charge in [0.2, 0.25) is 5.91 Å². The van der Waals surface area contributed by atoms with E-state index in [9.17, 15) is 18.0 Å². The van der Waals surface area contributed by atoms with Crippen LogP contribution in [0.5, 0.6) is 0 Å². The van der Waals surface area contributed by atoms with E-state index in [1.165, 1.54) is 6.07 Å². The number of halogens is 3. The van der Waals surface area contributed by atoms with Gasteiger partial charge in [0.15, 0.2) is 0 Å². The highest BCUT2D eigenvalue weighted by atomic mass is 19.4. The van der Waals surface area contributed by atoms with Crippen molar-refractivity contribution >= 4 is 11.7 Å². The maximum absolute atomic E-state index is 12.7. The van der Waals surface area contributed by atoms with E-state index in [0.717, 1.165) is 35.8 Å². The van der Waals surface area contributed by atoms with E-state index in [-0.39, 0.29) is 5.91 Å². The molecule has 3 rings (SSSR count). The quantitative estimate of drug-likeness (QED) is 0.689. The molecule has 9 heteroatoms. The number of carbonyl (C=O) groups is 1. The zero-order chi connectivity index (χ0) is 22.8. The third-order valence-electron chi connectivity index (χ3n) is 5.69. The summed E-state index contributed by atoms with van der Waals surface area (Å²) in [6.07, 6.45) is -2.45. The minimum atomic E-state index is -4.39. The van der Waals surface area contributed by atoms with Crippen molar-refractivity contribution in [3.8, 4) is 0 Å². The number of anilines is 1. The third kappa shape index (κ3) is 5.57. The fourth-order valence-electron chi connectivity index (χ4n) is 3.94. The number of amides is 1. The summed E-state index contributed by atoms with van der Waals surface area (Å²) in [5, 5.41) is 4.61.